The zero-order valence-electron chi connectivity index (χ0n) is 13.7. The van der Waals surface area contributed by atoms with Crippen LogP contribution in [0.1, 0.15) is 17.2 Å². The van der Waals surface area contributed by atoms with Gasteiger partial charge in [-0.25, -0.2) is 14.4 Å². The third-order valence-electron chi connectivity index (χ3n) is 3.76. The van der Waals surface area contributed by atoms with Gasteiger partial charge in [0.15, 0.2) is 5.82 Å². The van der Waals surface area contributed by atoms with Crippen LogP contribution in [-0.2, 0) is 6.18 Å². The van der Waals surface area contributed by atoms with Crippen molar-refractivity contribution in [3.05, 3.63) is 59.8 Å². The van der Waals surface area contributed by atoms with Crippen molar-refractivity contribution < 1.29 is 17.6 Å². The first-order valence-electron chi connectivity index (χ1n) is 7.73. The number of rotatable bonds is 5. The van der Waals surface area contributed by atoms with Gasteiger partial charge in [-0.05, 0) is 42.9 Å². The highest BCUT2D eigenvalue weighted by Crippen LogP contribution is 2.32. The Kier molecular flexibility index (Phi) is 4.99. The highest BCUT2D eigenvalue weighted by Gasteiger charge is 2.32. The molecule has 0 aliphatic carbocycles. The van der Waals surface area contributed by atoms with Crippen LogP contribution in [0.2, 0.25) is 0 Å². The molecule has 0 bridgehead atoms. The van der Waals surface area contributed by atoms with E-state index in [9.17, 15) is 17.6 Å². The van der Waals surface area contributed by atoms with Crippen LogP contribution in [0, 0.1) is 5.82 Å². The van der Waals surface area contributed by atoms with E-state index in [1.54, 1.807) is 25.4 Å². The molecule has 0 aliphatic rings. The summed E-state index contributed by atoms with van der Waals surface area (Å²) < 4.78 is 52.8. The minimum atomic E-state index is -4.63. The van der Waals surface area contributed by atoms with E-state index in [0.29, 0.717) is 22.9 Å². The zero-order chi connectivity index (χ0) is 18.7. The lowest BCUT2D eigenvalue weighted by atomic mass is 10.0. The first kappa shape index (κ1) is 18.0. The Hall–Kier alpha value is -2.81. The van der Waals surface area contributed by atoms with Gasteiger partial charge in [0, 0.05) is 12.7 Å². The number of aromatic nitrogens is 3. The molecule has 26 heavy (non-hydrogen) atoms. The molecular weight excluding hydrogens is 350 g/mol. The number of pyridine rings is 1. The Labute approximate surface area is 146 Å². The van der Waals surface area contributed by atoms with E-state index in [4.69, 9.17) is 0 Å². The molecule has 136 valence electrons. The first-order chi connectivity index (χ1) is 12.4. The molecule has 1 aromatic carbocycles. The van der Waals surface area contributed by atoms with Crippen molar-refractivity contribution >= 4 is 16.9 Å². The van der Waals surface area contributed by atoms with Gasteiger partial charge in [0.2, 0.25) is 0 Å². The van der Waals surface area contributed by atoms with Gasteiger partial charge in [0.05, 0.1) is 17.1 Å². The third kappa shape index (κ3) is 3.88. The summed E-state index contributed by atoms with van der Waals surface area (Å²) >= 11 is 0. The molecule has 5 nitrogen and oxygen atoms in total. The fourth-order valence-electron chi connectivity index (χ4n) is 2.60. The fraction of sp³-hybridized carbons (Fsp3) is 0.235. The molecule has 2 heterocycles. The van der Waals surface area contributed by atoms with E-state index in [-0.39, 0.29) is 12.1 Å². The second kappa shape index (κ2) is 7.20. The molecule has 9 heteroatoms. The van der Waals surface area contributed by atoms with Crippen molar-refractivity contribution in [3.63, 3.8) is 0 Å². The van der Waals surface area contributed by atoms with E-state index in [1.165, 1.54) is 6.33 Å². The van der Waals surface area contributed by atoms with Crippen LogP contribution in [0.25, 0.3) is 11.0 Å². The van der Waals surface area contributed by atoms with Gasteiger partial charge < -0.3 is 10.6 Å². The van der Waals surface area contributed by atoms with Crippen LogP contribution in [-0.4, -0.2) is 28.5 Å². The van der Waals surface area contributed by atoms with Crippen molar-refractivity contribution in [2.75, 3.05) is 18.9 Å². The molecule has 0 amide bonds. The minimum absolute atomic E-state index is 0.148. The Morgan fingerprint density at radius 2 is 1.92 bits per heavy atom. The summed E-state index contributed by atoms with van der Waals surface area (Å²) in [5, 5.41) is 5.92. The number of nitrogens with one attached hydrogen (secondary N) is 2. The maximum atomic E-state index is 13.8. The maximum Gasteiger partial charge on any atom is 0.416 e. The first-order valence-corrected chi connectivity index (χ1v) is 7.73. The number of benzene rings is 1. The molecule has 1 unspecified atom stereocenters. The van der Waals surface area contributed by atoms with Gasteiger partial charge in [-0.1, -0.05) is 0 Å². The van der Waals surface area contributed by atoms with Crippen LogP contribution in [0.3, 0.4) is 0 Å². The lowest BCUT2D eigenvalue weighted by Crippen LogP contribution is -2.25. The minimum Gasteiger partial charge on any atom is -0.360 e. The topological polar surface area (TPSA) is 62.7 Å². The SMILES string of the molecule is CNCC(Nc1ncnc2cccnc12)c1cc(F)cc(C(F)(F)F)c1. The normalized spacial score (nSPS) is 13.0. The van der Waals surface area contributed by atoms with Gasteiger partial charge in [0.25, 0.3) is 0 Å². The standard InChI is InChI=1S/C17H15F4N5/c1-22-8-14(10-5-11(17(19,20)21)7-12(18)6-10)26-16-15-13(24-9-25-16)3-2-4-23-15/h2-7,9,14,22H,8H2,1H3,(H,24,25,26). The summed E-state index contributed by atoms with van der Waals surface area (Å²) in [5.74, 6) is -0.600. The van der Waals surface area contributed by atoms with Crippen molar-refractivity contribution in [1.82, 2.24) is 20.3 Å². The maximum absolute atomic E-state index is 13.8. The molecule has 0 aliphatic heterocycles. The van der Waals surface area contributed by atoms with Crippen molar-refractivity contribution in [1.29, 1.82) is 0 Å². The van der Waals surface area contributed by atoms with E-state index < -0.39 is 23.6 Å². The smallest absolute Gasteiger partial charge is 0.360 e. The number of hydrogen-bond donors (Lipinski definition) is 2. The lowest BCUT2D eigenvalue weighted by molar-refractivity contribution is -0.137. The Balaban J connectivity index is 2.01. The third-order valence-corrected chi connectivity index (χ3v) is 3.76. The monoisotopic (exact) mass is 365 g/mol. The van der Waals surface area contributed by atoms with Gasteiger partial charge in [0.1, 0.15) is 17.7 Å². The van der Waals surface area contributed by atoms with E-state index in [2.05, 4.69) is 25.6 Å². The molecular formula is C17H15F4N5. The number of fused-ring (bicyclic) bond motifs is 1. The average molecular weight is 365 g/mol. The van der Waals surface area contributed by atoms with Crippen molar-refractivity contribution in [2.24, 2.45) is 0 Å². The van der Waals surface area contributed by atoms with Gasteiger partial charge in [-0.2, -0.15) is 13.2 Å². The molecule has 0 spiro atoms. The van der Waals surface area contributed by atoms with E-state index in [0.717, 1.165) is 12.1 Å². The number of hydrogen-bond acceptors (Lipinski definition) is 5. The molecule has 0 saturated carbocycles. The average Bonchev–Trinajstić information content (AvgIpc) is 2.60. The summed E-state index contributed by atoms with van der Waals surface area (Å²) in [6.45, 7) is 0.249. The number of alkyl halides is 3. The highest BCUT2D eigenvalue weighted by molar-refractivity contribution is 5.84. The molecule has 3 aromatic rings. The number of nitrogens with zero attached hydrogens (tertiary/aromatic N) is 3. The Morgan fingerprint density at radius 1 is 1.12 bits per heavy atom. The molecule has 2 aromatic heterocycles. The molecule has 0 saturated heterocycles. The summed E-state index contributed by atoms with van der Waals surface area (Å²) in [4.78, 5) is 12.4. The molecule has 3 rings (SSSR count). The predicted octanol–water partition coefficient (Wildman–Crippen LogP) is 3.56. The van der Waals surface area contributed by atoms with Gasteiger partial charge in [-0.3, -0.25) is 4.98 Å². The number of halogens is 4. The van der Waals surface area contributed by atoms with Crippen molar-refractivity contribution in [3.8, 4) is 0 Å². The quantitative estimate of drug-likeness (QED) is 0.677. The van der Waals surface area contributed by atoms with Crippen LogP contribution in [0.5, 0.6) is 0 Å². The van der Waals surface area contributed by atoms with Crippen LogP contribution >= 0.6 is 0 Å². The Bertz CT molecular complexity index is 908. The van der Waals surface area contributed by atoms with Crippen LogP contribution in [0.4, 0.5) is 23.4 Å². The molecule has 0 fully saturated rings. The lowest BCUT2D eigenvalue weighted by Gasteiger charge is -2.21. The van der Waals surface area contributed by atoms with Crippen LogP contribution < -0.4 is 10.6 Å². The molecule has 0 radical (unpaired) electrons. The molecule has 1 atom stereocenters. The zero-order valence-corrected chi connectivity index (χ0v) is 13.7. The van der Waals surface area contributed by atoms with Crippen LogP contribution in [0.15, 0.2) is 42.9 Å². The van der Waals surface area contributed by atoms with Gasteiger partial charge >= 0.3 is 6.18 Å². The van der Waals surface area contributed by atoms with Gasteiger partial charge in [-0.15, -0.1) is 0 Å². The molecule has 2 N–H and O–H groups in total. The summed E-state index contributed by atoms with van der Waals surface area (Å²) in [6, 6.07) is 5.27. The van der Waals surface area contributed by atoms with Crippen molar-refractivity contribution in [2.45, 2.75) is 12.2 Å². The second-order valence-corrected chi connectivity index (χ2v) is 5.62. The summed E-state index contributed by atoms with van der Waals surface area (Å²) in [7, 11) is 1.65. The highest BCUT2D eigenvalue weighted by atomic mass is 19.4. The summed E-state index contributed by atoms with van der Waals surface area (Å²) in [5.41, 5.74) is 0.169. The summed E-state index contributed by atoms with van der Waals surface area (Å²) in [6.07, 6.45) is -1.74. The fourth-order valence-corrected chi connectivity index (χ4v) is 2.60. The predicted molar refractivity (Wildman–Crippen MR) is 89.0 cm³/mol. The number of likely N-dealkylation sites (N-methyl/N-ethyl adjacent to an activating group) is 1. The largest absolute Gasteiger partial charge is 0.416 e. The second-order valence-electron chi connectivity index (χ2n) is 5.62. The Morgan fingerprint density at radius 3 is 2.65 bits per heavy atom. The van der Waals surface area contributed by atoms with E-state index in [1.807, 2.05) is 0 Å². The van der Waals surface area contributed by atoms with E-state index >= 15 is 0 Å². The number of anilines is 1.